The monoisotopic (exact) mass is 410 g/mol. The van der Waals surface area contributed by atoms with Gasteiger partial charge in [-0.1, -0.05) is 12.1 Å². The zero-order chi connectivity index (χ0) is 20.7. The standard InChI is InChI=1S/C23H24F2N4O/c1-30-16-6-7-19-17(12-16)18(13-26-19)15-8-10-28(11-9-15)14-22-27-20-4-2-3-5-21(20)29(22)23(24)25/h2-7,12-13,15,23,26H,8-11,14H2,1H3. The number of nitrogens with zero attached hydrogens (tertiary/aromatic N) is 3. The van der Waals surface area contributed by atoms with Crippen LogP contribution in [0.4, 0.5) is 8.78 Å². The molecule has 0 atom stereocenters. The van der Waals surface area contributed by atoms with Gasteiger partial charge >= 0.3 is 6.55 Å². The van der Waals surface area contributed by atoms with Crippen LogP contribution in [0.1, 0.15) is 36.7 Å². The van der Waals surface area contributed by atoms with Crippen LogP contribution in [0, 0.1) is 0 Å². The highest BCUT2D eigenvalue weighted by molar-refractivity contribution is 5.85. The van der Waals surface area contributed by atoms with Gasteiger partial charge in [-0.2, -0.15) is 8.78 Å². The Kier molecular flexibility index (Phi) is 4.90. The Morgan fingerprint density at radius 2 is 1.97 bits per heavy atom. The smallest absolute Gasteiger partial charge is 0.320 e. The average molecular weight is 410 g/mol. The van der Waals surface area contributed by atoms with E-state index in [0.717, 1.165) is 41.8 Å². The number of aromatic amines is 1. The Morgan fingerprint density at radius 3 is 2.73 bits per heavy atom. The third kappa shape index (κ3) is 3.33. The van der Waals surface area contributed by atoms with Crippen molar-refractivity contribution in [1.82, 2.24) is 19.4 Å². The average Bonchev–Trinajstić information content (AvgIpc) is 3.34. The van der Waals surface area contributed by atoms with Gasteiger partial charge in [0.05, 0.1) is 24.7 Å². The zero-order valence-corrected chi connectivity index (χ0v) is 16.8. The van der Waals surface area contributed by atoms with E-state index >= 15 is 0 Å². The van der Waals surface area contributed by atoms with Crippen LogP contribution in [0.5, 0.6) is 5.75 Å². The predicted molar refractivity (Wildman–Crippen MR) is 113 cm³/mol. The van der Waals surface area contributed by atoms with Crippen LogP contribution in [0.2, 0.25) is 0 Å². The molecular formula is C23H24F2N4O. The van der Waals surface area contributed by atoms with Crippen molar-refractivity contribution in [2.75, 3.05) is 20.2 Å². The molecule has 30 heavy (non-hydrogen) atoms. The highest BCUT2D eigenvalue weighted by Gasteiger charge is 2.25. The number of aromatic nitrogens is 3. The Hall–Kier alpha value is -2.93. The van der Waals surface area contributed by atoms with E-state index in [1.54, 1.807) is 25.3 Å². The van der Waals surface area contributed by atoms with Crippen molar-refractivity contribution < 1.29 is 13.5 Å². The van der Waals surface area contributed by atoms with Crippen molar-refractivity contribution in [2.45, 2.75) is 31.9 Å². The lowest BCUT2D eigenvalue weighted by molar-refractivity contribution is 0.0673. The maximum Gasteiger partial charge on any atom is 0.320 e. The van der Waals surface area contributed by atoms with Gasteiger partial charge in [0.1, 0.15) is 11.6 Å². The van der Waals surface area contributed by atoms with Gasteiger partial charge < -0.3 is 9.72 Å². The zero-order valence-electron chi connectivity index (χ0n) is 16.8. The molecule has 0 spiro atoms. The molecule has 0 aliphatic carbocycles. The molecular weight excluding hydrogens is 386 g/mol. The summed E-state index contributed by atoms with van der Waals surface area (Å²) < 4.78 is 33.8. The fourth-order valence-corrected chi connectivity index (χ4v) is 4.61. The maximum absolute atomic E-state index is 13.7. The van der Waals surface area contributed by atoms with Crippen molar-refractivity contribution in [1.29, 1.82) is 0 Å². The quantitative estimate of drug-likeness (QED) is 0.486. The third-order valence-electron chi connectivity index (χ3n) is 6.18. The number of H-pyrrole nitrogens is 1. The first-order valence-electron chi connectivity index (χ1n) is 10.3. The number of halogens is 2. The van der Waals surface area contributed by atoms with Crippen LogP contribution in [-0.2, 0) is 6.54 Å². The van der Waals surface area contributed by atoms with Crippen LogP contribution < -0.4 is 4.74 Å². The minimum atomic E-state index is -2.59. The molecule has 1 saturated heterocycles. The molecule has 7 heteroatoms. The van der Waals surface area contributed by atoms with E-state index in [9.17, 15) is 8.78 Å². The third-order valence-corrected chi connectivity index (χ3v) is 6.18. The Bertz CT molecular complexity index is 1170. The number of likely N-dealkylation sites (tertiary alicyclic amines) is 1. The first-order chi connectivity index (χ1) is 14.6. The molecule has 1 aliphatic heterocycles. The number of hydrogen-bond acceptors (Lipinski definition) is 3. The topological polar surface area (TPSA) is 46.1 Å². The van der Waals surface area contributed by atoms with Gasteiger partial charge in [-0.05, 0) is 67.7 Å². The van der Waals surface area contributed by atoms with Crippen molar-refractivity contribution >= 4 is 21.9 Å². The van der Waals surface area contributed by atoms with Crippen LogP contribution >= 0.6 is 0 Å². The van der Waals surface area contributed by atoms with E-state index in [-0.39, 0.29) is 0 Å². The predicted octanol–water partition coefficient (Wildman–Crippen LogP) is 5.30. The fourth-order valence-electron chi connectivity index (χ4n) is 4.61. The van der Waals surface area contributed by atoms with E-state index in [4.69, 9.17) is 4.74 Å². The molecule has 0 bridgehead atoms. The number of piperidine rings is 1. The van der Waals surface area contributed by atoms with Crippen molar-refractivity contribution in [3.05, 3.63) is 60.0 Å². The Morgan fingerprint density at radius 1 is 1.17 bits per heavy atom. The van der Waals surface area contributed by atoms with Crippen molar-refractivity contribution in [2.24, 2.45) is 0 Å². The lowest BCUT2D eigenvalue weighted by Crippen LogP contribution is -2.33. The molecule has 5 nitrogen and oxygen atoms in total. The summed E-state index contributed by atoms with van der Waals surface area (Å²) in [7, 11) is 1.68. The van der Waals surface area contributed by atoms with Crippen molar-refractivity contribution in [3.8, 4) is 5.75 Å². The number of fused-ring (bicyclic) bond motifs is 2. The number of para-hydroxylation sites is 2. The Labute approximate surface area is 173 Å². The van der Waals surface area contributed by atoms with Gasteiger partial charge in [0.2, 0.25) is 0 Å². The number of nitrogens with one attached hydrogen (secondary N) is 1. The van der Waals surface area contributed by atoms with Gasteiger partial charge in [0, 0.05) is 17.1 Å². The summed E-state index contributed by atoms with van der Waals surface area (Å²) in [4.78, 5) is 10.1. The lowest BCUT2D eigenvalue weighted by Gasteiger charge is -2.31. The van der Waals surface area contributed by atoms with Crippen molar-refractivity contribution in [3.63, 3.8) is 0 Å². The molecule has 1 aliphatic rings. The molecule has 0 radical (unpaired) electrons. The van der Waals surface area contributed by atoms with E-state index < -0.39 is 6.55 Å². The second kappa shape index (κ2) is 7.72. The molecule has 5 rings (SSSR count). The largest absolute Gasteiger partial charge is 0.497 e. The number of imidazole rings is 1. The number of methoxy groups -OCH3 is 1. The fraction of sp³-hybridized carbons (Fsp3) is 0.348. The summed E-state index contributed by atoms with van der Waals surface area (Å²) in [6.45, 7) is -0.444. The normalized spacial score (nSPS) is 16.1. The lowest BCUT2D eigenvalue weighted by atomic mass is 9.89. The van der Waals surface area contributed by atoms with Crippen LogP contribution in [-0.4, -0.2) is 39.6 Å². The van der Waals surface area contributed by atoms with Crippen LogP contribution in [0.15, 0.2) is 48.7 Å². The van der Waals surface area contributed by atoms with E-state index in [0.29, 0.717) is 29.3 Å². The number of ether oxygens (including phenoxy) is 1. The number of rotatable bonds is 5. The molecule has 156 valence electrons. The minimum absolute atomic E-state index is 0.432. The van der Waals surface area contributed by atoms with Crippen LogP contribution in [0.25, 0.3) is 21.9 Å². The highest BCUT2D eigenvalue weighted by atomic mass is 19.3. The first-order valence-corrected chi connectivity index (χ1v) is 10.3. The molecule has 0 unspecified atom stereocenters. The number of hydrogen-bond donors (Lipinski definition) is 1. The summed E-state index contributed by atoms with van der Waals surface area (Å²) >= 11 is 0. The molecule has 1 N–H and O–H groups in total. The van der Waals surface area contributed by atoms with Gasteiger partial charge in [-0.15, -0.1) is 0 Å². The van der Waals surface area contributed by atoms with E-state index in [1.165, 1.54) is 10.9 Å². The summed E-state index contributed by atoms with van der Waals surface area (Å²) in [6.07, 6.45) is 4.07. The molecule has 2 aromatic carbocycles. The second-order valence-electron chi connectivity index (χ2n) is 7.87. The van der Waals surface area contributed by atoms with Gasteiger partial charge in [0.15, 0.2) is 0 Å². The number of alkyl halides is 2. The van der Waals surface area contributed by atoms with E-state index in [2.05, 4.69) is 27.1 Å². The molecule has 2 aromatic heterocycles. The summed E-state index contributed by atoms with van der Waals surface area (Å²) in [5.74, 6) is 1.73. The molecule has 1 fully saturated rings. The molecule has 0 saturated carbocycles. The van der Waals surface area contributed by atoms with Crippen LogP contribution in [0.3, 0.4) is 0 Å². The summed E-state index contributed by atoms with van der Waals surface area (Å²) in [5.41, 5.74) is 3.53. The SMILES string of the molecule is COc1ccc2[nH]cc(C3CCN(Cc4nc5ccccc5n4C(F)F)CC3)c2c1. The second-order valence-corrected chi connectivity index (χ2v) is 7.87. The molecule has 0 amide bonds. The first kappa shape index (κ1) is 19.1. The number of benzene rings is 2. The maximum atomic E-state index is 13.7. The molecule has 3 heterocycles. The van der Waals surface area contributed by atoms with Gasteiger partial charge in [-0.3, -0.25) is 9.47 Å². The molecule has 4 aromatic rings. The Balaban J connectivity index is 1.33. The van der Waals surface area contributed by atoms with Gasteiger partial charge in [0.25, 0.3) is 0 Å². The van der Waals surface area contributed by atoms with E-state index in [1.807, 2.05) is 18.2 Å². The van der Waals surface area contributed by atoms with Gasteiger partial charge in [-0.25, -0.2) is 4.98 Å². The summed E-state index contributed by atoms with van der Waals surface area (Å²) in [5, 5.41) is 1.20. The minimum Gasteiger partial charge on any atom is -0.497 e. The summed E-state index contributed by atoms with van der Waals surface area (Å²) in [6, 6.07) is 13.2. The highest BCUT2D eigenvalue weighted by Crippen LogP contribution is 2.35.